The third kappa shape index (κ3) is 3.79. The van der Waals surface area contributed by atoms with Crippen molar-refractivity contribution in [1.82, 2.24) is 5.32 Å². The molecule has 0 fully saturated rings. The van der Waals surface area contributed by atoms with Crippen molar-refractivity contribution in [3.05, 3.63) is 46.5 Å². The lowest BCUT2D eigenvalue weighted by molar-refractivity contribution is -0.121. The largest absolute Gasteiger partial charge is 0.467 e. The fourth-order valence-corrected chi connectivity index (χ4v) is 2.40. The average molecular weight is 277 g/mol. The highest BCUT2D eigenvalue weighted by Crippen LogP contribution is 2.14. The molecule has 100 valence electrons. The van der Waals surface area contributed by atoms with Gasteiger partial charge in [-0.2, -0.15) is 0 Å². The van der Waals surface area contributed by atoms with E-state index in [9.17, 15) is 9.59 Å². The van der Waals surface area contributed by atoms with Gasteiger partial charge in [0, 0.05) is 12.8 Å². The molecule has 5 heteroatoms. The summed E-state index contributed by atoms with van der Waals surface area (Å²) < 4.78 is 5.20. The van der Waals surface area contributed by atoms with Gasteiger partial charge < -0.3 is 9.73 Å². The van der Waals surface area contributed by atoms with Gasteiger partial charge in [0.15, 0.2) is 5.78 Å². The predicted octanol–water partition coefficient (Wildman–Crippen LogP) is 3.18. The number of Topliss-reactive ketones (excluding diaryl/α,β-unsaturated/α-hetero) is 1. The van der Waals surface area contributed by atoms with Crippen LogP contribution in [0.25, 0.3) is 0 Å². The maximum atomic E-state index is 11.7. The minimum atomic E-state index is -0.181. The zero-order valence-corrected chi connectivity index (χ0v) is 11.4. The Bertz CT molecular complexity index is 531. The molecule has 2 rings (SSSR count). The van der Waals surface area contributed by atoms with Crippen LogP contribution < -0.4 is 5.32 Å². The first-order chi connectivity index (χ1) is 9.16. The van der Waals surface area contributed by atoms with E-state index in [4.69, 9.17) is 4.42 Å². The molecule has 0 aliphatic carbocycles. The van der Waals surface area contributed by atoms with Gasteiger partial charge in [-0.3, -0.25) is 9.59 Å². The molecule has 4 nitrogen and oxygen atoms in total. The Labute approximate surface area is 115 Å². The molecule has 19 heavy (non-hydrogen) atoms. The first-order valence-electron chi connectivity index (χ1n) is 6.06. The van der Waals surface area contributed by atoms with Gasteiger partial charge >= 0.3 is 0 Å². The van der Waals surface area contributed by atoms with E-state index in [-0.39, 0.29) is 30.6 Å². The van der Waals surface area contributed by atoms with Gasteiger partial charge in [-0.15, -0.1) is 11.3 Å². The molecule has 2 heterocycles. The van der Waals surface area contributed by atoms with Crippen LogP contribution in [0.2, 0.25) is 0 Å². The monoisotopic (exact) mass is 277 g/mol. The summed E-state index contributed by atoms with van der Waals surface area (Å²) in [6.45, 7) is 1.85. The Balaban J connectivity index is 1.77. The molecule has 0 aliphatic heterocycles. The van der Waals surface area contributed by atoms with Gasteiger partial charge in [0.2, 0.25) is 5.91 Å². The Morgan fingerprint density at radius 1 is 1.32 bits per heavy atom. The van der Waals surface area contributed by atoms with Crippen molar-refractivity contribution < 1.29 is 14.0 Å². The molecule has 1 atom stereocenters. The normalized spacial score (nSPS) is 12.1. The number of carbonyl (C=O) groups is 2. The fraction of sp³-hybridized carbons (Fsp3) is 0.286. The lowest BCUT2D eigenvalue weighted by Crippen LogP contribution is -2.26. The molecule has 2 aromatic heterocycles. The first-order valence-corrected chi connectivity index (χ1v) is 6.94. The fourth-order valence-electron chi connectivity index (χ4n) is 1.71. The quantitative estimate of drug-likeness (QED) is 0.825. The molecular weight excluding hydrogens is 262 g/mol. The summed E-state index contributed by atoms with van der Waals surface area (Å²) in [4.78, 5) is 24.2. The molecule has 0 aliphatic rings. The number of thiophene rings is 1. The summed E-state index contributed by atoms with van der Waals surface area (Å²) in [6.07, 6.45) is 2.00. The molecule has 1 N–H and O–H groups in total. The Hall–Kier alpha value is -1.88. The highest BCUT2D eigenvalue weighted by Gasteiger charge is 2.14. The van der Waals surface area contributed by atoms with E-state index in [1.165, 1.54) is 11.3 Å². The smallest absolute Gasteiger partial charge is 0.221 e. The SMILES string of the molecule is C[C@H](NC(=O)CCC(=O)c1cccs1)c1ccco1. The molecule has 0 spiro atoms. The summed E-state index contributed by atoms with van der Waals surface area (Å²) in [7, 11) is 0. The van der Waals surface area contributed by atoms with E-state index in [1.54, 1.807) is 18.4 Å². The molecule has 0 unspecified atom stereocenters. The zero-order valence-electron chi connectivity index (χ0n) is 10.6. The minimum absolute atomic E-state index is 0.0100. The van der Waals surface area contributed by atoms with Crippen LogP contribution in [0.5, 0.6) is 0 Å². The molecule has 2 aromatic rings. The lowest BCUT2D eigenvalue weighted by atomic mass is 10.1. The highest BCUT2D eigenvalue weighted by atomic mass is 32.1. The van der Waals surface area contributed by atoms with Gasteiger partial charge in [-0.1, -0.05) is 6.07 Å². The van der Waals surface area contributed by atoms with Gasteiger partial charge in [0.25, 0.3) is 0 Å². The summed E-state index contributed by atoms with van der Waals surface area (Å²) in [5, 5.41) is 4.65. The van der Waals surface area contributed by atoms with Crippen LogP contribution >= 0.6 is 11.3 Å². The lowest BCUT2D eigenvalue weighted by Gasteiger charge is -2.10. The number of carbonyl (C=O) groups excluding carboxylic acids is 2. The second-order valence-electron chi connectivity index (χ2n) is 4.21. The van der Waals surface area contributed by atoms with Crippen molar-refractivity contribution in [2.45, 2.75) is 25.8 Å². The maximum absolute atomic E-state index is 11.7. The van der Waals surface area contributed by atoms with Crippen LogP contribution in [-0.2, 0) is 4.79 Å². The third-order valence-electron chi connectivity index (χ3n) is 2.72. The van der Waals surface area contributed by atoms with E-state index >= 15 is 0 Å². The second kappa shape index (κ2) is 6.33. The van der Waals surface area contributed by atoms with E-state index in [0.717, 1.165) is 0 Å². The number of hydrogen-bond donors (Lipinski definition) is 1. The predicted molar refractivity (Wildman–Crippen MR) is 73.1 cm³/mol. The second-order valence-corrected chi connectivity index (χ2v) is 5.15. The molecule has 0 bridgehead atoms. The molecular formula is C14H15NO3S. The Morgan fingerprint density at radius 2 is 2.16 bits per heavy atom. The van der Waals surface area contributed by atoms with Gasteiger partial charge in [-0.25, -0.2) is 0 Å². The standard InChI is InChI=1S/C14H15NO3S/c1-10(12-4-2-8-18-12)15-14(17)7-6-11(16)13-5-3-9-19-13/h2-5,8-10H,6-7H2,1H3,(H,15,17)/t10-/m0/s1. The number of furan rings is 1. The van der Waals surface area contributed by atoms with Crippen molar-refractivity contribution in [3.63, 3.8) is 0 Å². The van der Waals surface area contributed by atoms with Crippen LogP contribution in [0, 0.1) is 0 Å². The third-order valence-corrected chi connectivity index (χ3v) is 3.63. The van der Waals surface area contributed by atoms with Gasteiger partial charge in [0.1, 0.15) is 5.76 Å². The summed E-state index contributed by atoms with van der Waals surface area (Å²) in [5.74, 6) is 0.572. The number of nitrogens with one attached hydrogen (secondary N) is 1. The van der Waals surface area contributed by atoms with Crippen molar-refractivity contribution in [2.75, 3.05) is 0 Å². The molecule has 0 radical (unpaired) electrons. The van der Waals surface area contributed by atoms with Crippen LogP contribution in [0.4, 0.5) is 0 Å². The van der Waals surface area contributed by atoms with Crippen molar-refractivity contribution in [2.24, 2.45) is 0 Å². The molecule has 0 aromatic carbocycles. The maximum Gasteiger partial charge on any atom is 0.221 e. The molecule has 0 saturated heterocycles. The minimum Gasteiger partial charge on any atom is -0.467 e. The Morgan fingerprint density at radius 3 is 2.79 bits per heavy atom. The van der Waals surface area contributed by atoms with E-state index in [1.807, 2.05) is 24.4 Å². The number of hydrogen-bond acceptors (Lipinski definition) is 4. The molecule has 0 saturated carbocycles. The first kappa shape index (κ1) is 13.5. The van der Waals surface area contributed by atoms with E-state index in [2.05, 4.69) is 5.32 Å². The summed E-state index contributed by atoms with van der Waals surface area (Å²) in [5.41, 5.74) is 0. The summed E-state index contributed by atoms with van der Waals surface area (Å²) in [6, 6.07) is 7.01. The van der Waals surface area contributed by atoms with Crippen LogP contribution in [0.3, 0.4) is 0 Å². The highest BCUT2D eigenvalue weighted by molar-refractivity contribution is 7.12. The van der Waals surface area contributed by atoms with Crippen LogP contribution in [0.1, 0.15) is 41.2 Å². The van der Waals surface area contributed by atoms with Crippen molar-refractivity contribution in [3.8, 4) is 0 Å². The number of rotatable bonds is 6. The van der Waals surface area contributed by atoms with Crippen molar-refractivity contribution >= 4 is 23.0 Å². The number of amides is 1. The topological polar surface area (TPSA) is 59.3 Å². The summed E-state index contributed by atoms with van der Waals surface area (Å²) >= 11 is 1.40. The molecule has 1 amide bonds. The van der Waals surface area contributed by atoms with Gasteiger partial charge in [-0.05, 0) is 30.5 Å². The van der Waals surface area contributed by atoms with E-state index in [0.29, 0.717) is 10.6 Å². The zero-order chi connectivity index (χ0) is 13.7. The Kier molecular flexibility index (Phi) is 4.52. The van der Waals surface area contributed by atoms with E-state index < -0.39 is 0 Å². The van der Waals surface area contributed by atoms with Gasteiger partial charge in [0.05, 0.1) is 17.2 Å². The van der Waals surface area contributed by atoms with Crippen LogP contribution in [0.15, 0.2) is 40.3 Å². The number of ketones is 1. The average Bonchev–Trinajstić information content (AvgIpc) is 3.07. The van der Waals surface area contributed by atoms with Crippen LogP contribution in [-0.4, -0.2) is 11.7 Å². The van der Waals surface area contributed by atoms with Crippen molar-refractivity contribution in [1.29, 1.82) is 0 Å².